The molecule has 1 heterocycles. The molecule has 1 aliphatic rings. The van der Waals surface area contributed by atoms with Gasteiger partial charge in [0.05, 0.1) is 0 Å². The first kappa shape index (κ1) is 12.7. The number of carbonyl (C=O) groups is 1. The van der Waals surface area contributed by atoms with E-state index in [2.05, 4.69) is 42.5 Å². The van der Waals surface area contributed by atoms with Gasteiger partial charge in [-0.05, 0) is 28.7 Å². The van der Waals surface area contributed by atoms with Crippen LogP contribution in [0.25, 0.3) is 17.2 Å². The molecule has 0 N–H and O–H groups in total. The van der Waals surface area contributed by atoms with Gasteiger partial charge in [0.25, 0.3) is 0 Å². The molecule has 0 radical (unpaired) electrons. The van der Waals surface area contributed by atoms with Crippen LogP contribution in [0.4, 0.5) is 0 Å². The van der Waals surface area contributed by atoms with E-state index >= 15 is 0 Å². The largest absolute Gasteiger partial charge is 0.461 e. The van der Waals surface area contributed by atoms with Gasteiger partial charge in [-0.2, -0.15) is 0 Å². The van der Waals surface area contributed by atoms with E-state index < -0.39 is 0 Å². The van der Waals surface area contributed by atoms with Crippen LogP contribution < -0.4 is 0 Å². The fourth-order valence-corrected chi connectivity index (χ4v) is 2.33. The molecule has 0 saturated carbocycles. The first-order chi connectivity index (χ1) is 9.81. The highest BCUT2D eigenvalue weighted by atomic mass is 16.5. The Morgan fingerprint density at radius 1 is 0.850 bits per heavy atom. The lowest BCUT2D eigenvalue weighted by molar-refractivity contribution is -0.144. The number of carbonyl (C=O) groups excluding carboxylic acids is 1. The van der Waals surface area contributed by atoms with Crippen LogP contribution in [0.5, 0.6) is 0 Å². The number of cyclic esters (lactones) is 1. The highest BCUT2D eigenvalue weighted by Crippen LogP contribution is 2.22. The third-order valence-corrected chi connectivity index (χ3v) is 3.46. The van der Waals surface area contributed by atoms with Crippen LogP contribution in [0.3, 0.4) is 0 Å². The number of benzene rings is 2. The summed E-state index contributed by atoms with van der Waals surface area (Å²) in [6.07, 6.45) is 3.41. The van der Waals surface area contributed by atoms with Gasteiger partial charge >= 0.3 is 5.97 Å². The van der Waals surface area contributed by atoms with Crippen molar-refractivity contribution in [3.63, 3.8) is 0 Å². The van der Waals surface area contributed by atoms with Gasteiger partial charge in [-0.1, -0.05) is 60.7 Å². The SMILES string of the molecule is O=C1CC/C(=C/c2ccc(-c3ccccc3)cc2)CO1. The molecule has 0 aromatic heterocycles. The van der Waals surface area contributed by atoms with Crippen LogP contribution in [-0.4, -0.2) is 12.6 Å². The second kappa shape index (κ2) is 5.74. The Morgan fingerprint density at radius 2 is 1.55 bits per heavy atom. The van der Waals surface area contributed by atoms with Crippen molar-refractivity contribution < 1.29 is 9.53 Å². The van der Waals surface area contributed by atoms with Crippen molar-refractivity contribution in [3.05, 3.63) is 65.7 Å². The molecule has 0 amide bonds. The summed E-state index contributed by atoms with van der Waals surface area (Å²) in [5.74, 6) is -0.0958. The molecule has 2 aromatic rings. The molecule has 1 saturated heterocycles. The second-order valence-electron chi connectivity index (χ2n) is 4.95. The molecular weight excluding hydrogens is 248 g/mol. The van der Waals surface area contributed by atoms with Crippen LogP contribution in [0.2, 0.25) is 0 Å². The summed E-state index contributed by atoms with van der Waals surface area (Å²) in [5, 5.41) is 0. The van der Waals surface area contributed by atoms with Crippen LogP contribution in [-0.2, 0) is 9.53 Å². The number of hydrogen-bond donors (Lipinski definition) is 0. The highest BCUT2D eigenvalue weighted by molar-refractivity contribution is 5.72. The molecule has 3 rings (SSSR count). The third kappa shape index (κ3) is 2.97. The summed E-state index contributed by atoms with van der Waals surface area (Å²) in [7, 11) is 0. The van der Waals surface area contributed by atoms with Crippen molar-refractivity contribution in [1.29, 1.82) is 0 Å². The van der Waals surface area contributed by atoms with Crippen molar-refractivity contribution in [2.45, 2.75) is 12.8 Å². The second-order valence-corrected chi connectivity index (χ2v) is 4.95. The smallest absolute Gasteiger partial charge is 0.306 e. The van der Waals surface area contributed by atoms with Gasteiger partial charge in [0, 0.05) is 6.42 Å². The van der Waals surface area contributed by atoms with Gasteiger partial charge in [0.2, 0.25) is 0 Å². The molecule has 20 heavy (non-hydrogen) atoms. The Morgan fingerprint density at radius 3 is 2.20 bits per heavy atom. The van der Waals surface area contributed by atoms with Crippen molar-refractivity contribution in [2.75, 3.05) is 6.61 Å². The maximum atomic E-state index is 11.0. The maximum Gasteiger partial charge on any atom is 0.306 e. The van der Waals surface area contributed by atoms with E-state index in [1.807, 2.05) is 18.2 Å². The lowest BCUT2D eigenvalue weighted by Gasteiger charge is -2.14. The van der Waals surface area contributed by atoms with E-state index in [1.54, 1.807) is 0 Å². The van der Waals surface area contributed by atoms with E-state index in [4.69, 9.17) is 4.74 Å². The van der Waals surface area contributed by atoms with Crippen molar-refractivity contribution >= 4 is 12.0 Å². The van der Waals surface area contributed by atoms with Crippen LogP contribution in [0.15, 0.2) is 60.2 Å². The number of ether oxygens (including phenoxy) is 1. The summed E-state index contributed by atoms with van der Waals surface area (Å²) in [4.78, 5) is 11.0. The standard InChI is InChI=1S/C18H16O2/c19-18-11-8-15(13-20-18)12-14-6-9-17(10-7-14)16-4-2-1-3-5-16/h1-7,9-10,12H,8,11,13H2/b15-12-. The van der Waals surface area contributed by atoms with Crippen molar-refractivity contribution in [1.82, 2.24) is 0 Å². The summed E-state index contributed by atoms with van der Waals surface area (Å²) in [5.41, 5.74) is 4.76. The molecule has 2 heteroatoms. The van der Waals surface area contributed by atoms with Crippen molar-refractivity contribution in [3.8, 4) is 11.1 Å². The predicted molar refractivity (Wildman–Crippen MR) is 80.0 cm³/mol. The van der Waals surface area contributed by atoms with E-state index in [9.17, 15) is 4.79 Å². The average molecular weight is 264 g/mol. The normalized spacial score (nSPS) is 17.0. The third-order valence-electron chi connectivity index (χ3n) is 3.46. The number of hydrogen-bond acceptors (Lipinski definition) is 2. The summed E-state index contributed by atoms with van der Waals surface area (Å²) >= 11 is 0. The number of rotatable bonds is 2. The summed E-state index contributed by atoms with van der Waals surface area (Å²) in [6, 6.07) is 18.8. The monoisotopic (exact) mass is 264 g/mol. The van der Waals surface area contributed by atoms with Gasteiger partial charge in [-0.3, -0.25) is 4.79 Å². The zero-order valence-corrected chi connectivity index (χ0v) is 11.2. The van der Waals surface area contributed by atoms with Gasteiger partial charge in [0.15, 0.2) is 0 Å². The van der Waals surface area contributed by atoms with Gasteiger partial charge in [-0.15, -0.1) is 0 Å². The summed E-state index contributed by atoms with van der Waals surface area (Å²) in [6.45, 7) is 0.430. The van der Waals surface area contributed by atoms with E-state index in [1.165, 1.54) is 16.7 Å². The fourth-order valence-electron chi connectivity index (χ4n) is 2.33. The predicted octanol–water partition coefficient (Wildman–Crippen LogP) is 4.07. The first-order valence-electron chi connectivity index (χ1n) is 6.82. The van der Waals surface area contributed by atoms with E-state index in [-0.39, 0.29) is 5.97 Å². The average Bonchev–Trinajstić information content (AvgIpc) is 2.51. The minimum absolute atomic E-state index is 0.0958. The molecular formula is C18H16O2. The van der Waals surface area contributed by atoms with Gasteiger partial charge in [0.1, 0.15) is 6.61 Å². The zero-order valence-electron chi connectivity index (χ0n) is 11.2. The Bertz CT molecular complexity index is 612. The minimum atomic E-state index is -0.0958. The van der Waals surface area contributed by atoms with Crippen LogP contribution in [0, 0.1) is 0 Å². The molecule has 1 fully saturated rings. The van der Waals surface area contributed by atoms with E-state index in [0.29, 0.717) is 13.0 Å². The highest BCUT2D eigenvalue weighted by Gasteiger charge is 2.13. The molecule has 0 bridgehead atoms. The Kier molecular flexibility index (Phi) is 3.64. The Balaban J connectivity index is 1.77. The van der Waals surface area contributed by atoms with Crippen molar-refractivity contribution in [2.24, 2.45) is 0 Å². The Labute approximate surface area is 118 Å². The fraction of sp³-hybridized carbons (Fsp3) is 0.167. The molecule has 1 aliphatic heterocycles. The lowest BCUT2D eigenvalue weighted by Crippen LogP contribution is -2.14. The zero-order chi connectivity index (χ0) is 13.8. The minimum Gasteiger partial charge on any atom is -0.461 e. The van der Waals surface area contributed by atoms with Gasteiger partial charge in [-0.25, -0.2) is 0 Å². The molecule has 0 aliphatic carbocycles. The quantitative estimate of drug-likeness (QED) is 0.764. The van der Waals surface area contributed by atoms with E-state index in [0.717, 1.165) is 12.0 Å². The Hall–Kier alpha value is -2.35. The lowest BCUT2D eigenvalue weighted by atomic mass is 10.0. The molecule has 0 unspecified atom stereocenters. The van der Waals surface area contributed by atoms with Gasteiger partial charge < -0.3 is 4.74 Å². The van der Waals surface area contributed by atoms with Crippen LogP contribution in [0.1, 0.15) is 18.4 Å². The number of esters is 1. The molecule has 0 atom stereocenters. The molecule has 2 aromatic carbocycles. The molecule has 0 spiro atoms. The molecule has 100 valence electrons. The first-order valence-corrected chi connectivity index (χ1v) is 6.82. The topological polar surface area (TPSA) is 26.3 Å². The maximum absolute atomic E-state index is 11.0. The van der Waals surface area contributed by atoms with Crippen LogP contribution >= 0.6 is 0 Å². The molecule has 2 nitrogen and oxygen atoms in total. The summed E-state index contributed by atoms with van der Waals surface area (Å²) < 4.78 is 5.05.